The van der Waals surface area contributed by atoms with Crippen LogP contribution < -0.4 is 10.2 Å². The van der Waals surface area contributed by atoms with E-state index in [1.807, 2.05) is 5.32 Å². The zero-order valence-electron chi connectivity index (χ0n) is 10.9. The fourth-order valence-electron chi connectivity index (χ4n) is 1.19. The third-order valence-corrected chi connectivity index (χ3v) is 2.26. The molecule has 0 saturated heterocycles. The summed E-state index contributed by atoms with van der Waals surface area (Å²) in [6.45, 7) is -1.02. The Hall–Kier alpha value is -1.78. The molecule has 120 valence electrons. The summed E-state index contributed by atoms with van der Waals surface area (Å²) < 4.78 is 74.3. The van der Waals surface area contributed by atoms with Gasteiger partial charge in [-0.15, -0.1) is 0 Å². The first-order valence-electron chi connectivity index (χ1n) is 5.53. The van der Waals surface area contributed by atoms with Crippen molar-refractivity contribution >= 4 is 11.8 Å². The van der Waals surface area contributed by atoms with Crippen molar-refractivity contribution in [1.29, 1.82) is 0 Å². The highest BCUT2D eigenvalue weighted by Gasteiger charge is 2.38. The van der Waals surface area contributed by atoms with Crippen LogP contribution in [-0.4, -0.2) is 48.0 Å². The molecule has 5 nitrogen and oxygen atoms in total. The minimum Gasteiger partial charge on any atom is -0.382 e. The van der Waals surface area contributed by atoms with Gasteiger partial charge in [0, 0.05) is 20.2 Å². The number of anilines is 2. The zero-order chi connectivity index (χ0) is 16.4. The SMILES string of the molecule is CN(C)c1nc(NC[C@@H](O)C(F)(F)F)cc(C(F)(F)F)n1. The standard InChI is InChI=1S/C10H12F6N4O/c1-20(2)8-18-5(9(11,12)13)3-7(19-8)17-4-6(21)10(14,15)16/h3,6,21H,4H2,1-2H3,(H,17,18,19)/t6-/m1/s1. The molecule has 0 spiro atoms. The van der Waals surface area contributed by atoms with Gasteiger partial charge in [0.25, 0.3) is 0 Å². The van der Waals surface area contributed by atoms with Crippen LogP contribution in [0.5, 0.6) is 0 Å². The number of aliphatic hydroxyl groups excluding tert-OH is 1. The molecule has 0 aliphatic rings. The summed E-state index contributed by atoms with van der Waals surface area (Å²) in [5, 5.41) is 10.8. The lowest BCUT2D eigenvalue weighted by molar-refractivity contribution is -0.198. The molecule has 0 aliphatic heterocycles. The minimum absolute atomic E-state index is 0.325. The van der Waals surface area contributed by atoms with Gasteiger partial charge in [0.1, 0.15) is 5.82 Å². The molecule has 0 aromatic carbocycles. The first-order valence-corrected chi connectivity index (χ1v) is 5.53. The summed E-state index contributed by atoms with van der Waals surface area (Å²) in [6.07, 6.45) is -12.4. The van der Waals surface area contributed by atoms with Crippen molar-refractivity contribution in [3.05, 3.63) is 11.8 Å². The maximum absolute atomic E-state index is 12.6. The molecule has 21 heavy (non-hydrogen) atoms. The largest absolute Gasteiger partial charge is 0.433 e. The van der Waals surface area contributed by atoms with E-state index in [2.05, 4.69) is 9.97 Å². The zero-order valence-corrected chi connectivity index (χ0v) is 10.9. The molecule has 0 unspecified atom stereocenters. The van der Waals surface area contributed by atoms with Gasteiger partial charge in [0.2, 0.25) is 5.95 Å². The lowest BCUT2D eigenvalue weighted by atomic mass is 10.3. The third kappa shape index (κ3) is 4.92. The number of halogens is 6. The first kappa shape index (κ1) is 17.3. The van der Waals surface area contributed by atoms with Crippen LogP contribution in [0.25, 0.3) is 0 Å². The Labute approximate surface area is 115 Å². The minimum atomic E-state index is -4.88. The molecule has 0 amide bonds. The van der Waals surface area contributed by atoms with Crippen molar-refractivity contribution in [2.45, 2.75) is 18.5 Å². The number of hydrogen-bond donors (Lipinski definition) is 2. The van der Waals surface area contributed by atoms with E-state index in [0.29, 0.717) is 6.07 Å². The molecule has 0 saturated carbocycles. The summed E-state index contributed by atoms with van der Waals surface area (Å²) in [7, 11) is 2.76. The smallest absolute Gasteiger partial charge is 0.382 e. The predicted octanol–water partition coefficient (Wildman–Crippen LogP) is 1.90. The maximum Gasteiger partial charge on any atom is 0.433 e. The van der Waals surface area contributed by atoms with E-state index < -0.39 is 36.5 Å². The van der Waals surface area contributed by atoms with Crippen molar-refractivity contribution in [2.24, 2.45) is 0 Å². The molecule has 1 atom stereocenters. The Morgan fingerprint density at radius 2 is 1.76 bits per heavy atom. The van der Waals surface area contributed by atoms with Crippen LogP contribution in [0.1, 0.15) is 5.69 Å². The van der Waals surface area contributed by atoms with Gasteiger partial charge in [0.05, 0.1) is 6.54 Å². The van der Waals surface area contributed by atoms with Crippen molar-refractivity contribution in [1.82, 2.24) is 9.97 Å². The topological polar surface area (TPSA) is 61.3 Å². The molecule has 0 fully saturated rings. The highest BCUT2D eigenvalue weighted by Crippen LogP contribution is 2.30. The summed E-state index contributed by atoms with van der Waals surface area (Å²) in [5.41, 5.74) is -1.30. The molecular formula is C10H12F6N4O. The highest BCUT2D eigenvalue weighted by molar-refractivity contribution is 5.43. The molecule has 2 N–H and O–H groups in total. The lowest BCUT2D eigenvalue weighted by Crippen LogP contribution is -2.35. The van der Waals surface area contributed by atoms with Crippen LogP contribution >= 0.6 is 0 Å². The molecule has 11 heteroatoms. The lowest BCUT2D eigenvalue weighted by Gasteiger charge is -2.18. The molecule has 0 aliphatic carbocycles. The molecule has 1 aromatic rings. The fraction of sp³-hybridized carbons (Fsp3) is 0.600. The van der Waals surface area contributed by atoms with E-state index in [1.54, 1.807) is 0 Å². The van der Waals surface area contributed by atoms with E-state index in [1.165, 1.54) is 19.0 Å². The van der Waals surface area contributed by atoms with Gasteiger partial charge in [-0.05, 0) is 0 Å². The van der Waals surface area contributed by atoms with Gasteiger partial charge in [-0.1, -0.05) is 0 Å². The van der Waals surface area contributed by atoms with Gasteiger partial charge >= 0.3 is 12.4 Å². The second kappa shape index (κ2) is 5.92. The number of alkyl halides is 6. The number of aliphatic hydroxyl groups is 1. The Kier molecular flexibility index (Phi) is 4.87. The molecule has 1 rings (SSSR count). The Morgan fingerprint density at radius 3 is 2.19 bits per heavy atom. The predicted molar refractivity (Wildman–Crippen MR) is 61.9 cm³/mol. The van der Waals surface area contributed by atoms with Crippen molar-refractivity contribution < 1.29 is 31.4 Å². The van der Waals surface area contributed by atoms with Crippen LogP contribution in [-0.2, 0) is 6.18 Å². The average molecular weight is 318 g/mol. The summed E-state index contributed by atoms with van der Waals surface area (Å²) in [6, 6.07) is 0.468. The first-order chi connectivity index (χ1) is 9.41. The maximum atomic E-state index is 12.6. The normalized spacial score (nSPS) is 14.0. The van der Waals surface area contributed by atoms with E-state index in [9.17, 15) is 26.3 Å². The van der Waals surface area contributed by atoms with Crippen molar-refractivity contribution in [2.75, 3.05) is 30.9 Å². The monoisotopic (exact) mass is 318 g/mol. The number of rotatable bonds is 4. The van der Waals surface area contributed by atoms with Crippen LogP contribution in [0, 0.1) is 0 Å². The van der Waals surface area contributed by atoms with Crippen molar-refractivity contribution in [3.63, 3.8) is 0 Å². The van der Waals surface area contributed by atoms with Crippen molar-refractivity contribution in [3.8, 4) is 0 Å². The van der Waals surface area contributed by atoms with E-state index in [-0.39, 0.29) is 5.95 Å². The summed E-state index contributed by atoms with van der Waals surface area (Å²) in [5.74, 6) is -0.793. The molecule has 1 aromatic heterocycles. The van der Waals surface area contributed by atoms with Gasteiger partial charge in [-0.25, -0.2) is 4.98 Å². The van der Waals surface area contributed by atoms with Gasteiger partial charge in [-0.3, -0.25) is 0 Å². The van der Waals surface area contributed by atoms with E-state index in [4.69, 9.17) is 5.11 Å². The number of nitrogens with zero attached hydrogens (tertiary/aromatic N) is 3. The second-order valence-corrected chi connectivity index (χ2v) is 4.27. The molecule has 0 bridgehead atoms. The fourth-order valence-corrected chi connectivity index (χ4v) is 1.19. The molecule has 1 heterocycles. The van der Waals surface area contributed by atoms with Gasteiger partial charge in [0.15, 0.2) is 11.8 Å². The second-order valence-electron chi connectivity index (χ2n) is 4.27. The van der Waals surface area contributed by atoms with E-state index >= 15 is 0 Å². The number of aromatic nitrogens is 2. The van der Waals surface area contributed by atoms with Gasteiger partial charge in [-0.2, -0.15) is 31.3 Å². The van der Waals surface area contributed by atoms with Crippen LogP contribution in [0.4, 0.5) is 38.1 Å². The Balaban J connectivity index is 2.99. The Bertz CT molecular complexity index is 487. The average Bonchev–Trinajstić information content (AvgIpc) is 2.33. The van der Waals surface area contributed by atoms with Gasteiger partial charge < -0.3 is 15.3 Å². The molecule has 0 radical (unpaired) electrons. The summed E-state index contributed by atoms with van der Waals surface area (Å²) in [4.78, 5) is 8.04. The van der Waals surface area contributed by atoms with E-state index in [0.717, 1.165) is 0 Å². The highest BCUT2D eigenvalue weighted by atomic mass is 19.4. The molecular weight excluding hydrogens is 306 g/mol. The number of hydrogen-bond acceptors (Lipinski definition) is 5. The third-order valence-electron chi connectivity index (χ3n) is 2.26. The Morgan fingerprint density at radius 1 is 1.19 bits per heavy atom. The summed E-state index contributed by atoms with van der Waals surface area (Å²) >= 11 is 0. The van der Waals surface area contributed by atoms with Crippen LogP contribution in [0.3, 0.4) is 0 Å². The van der Waals surface area contributed by atoms with Crippen LogP contribution in [0.2, 0.25) is 0 Å². The quantitative estimate of drug-likeness (QED) is 0.830. The number of nitrogens with one attached hydrogen (secondary N) is 1. The van der Waals surface area contributed by atoms with Crippen LogP contribution in [0.15, 0.2) is 6.07 Å².